The summed E-state index contributed by atoms with van der Waals surface area (Å²) in [6.45, 7) is 6.41. The van der Waals surface area contributed by atoms with Gasteiger partial charge < -0.3 is 10.2 Å². The fourth-order valence-corrected chi connectivity index (χ4v) is 6.39. The quantitative estimate of drug-likeness (QED) is 0.749. The Kier molecular flexibility index (Phi) is 5.37. The van der Waals surface area contributed by atoms with Gasteiger partial charge in [-0.3, -0.25) is 19.7 Å². The number of fused-ring (bicyclic) bond motifs is 1. The highest BCUT2D eigenvalue weighted by atomic mass is 16.2. The van der Waals surface area contributed by atoms with Gasteiger partial charge in [0.1, 0.15) is 0 Å². The first-order valence-corrected chi connectivity index (χ1v) is 12.6. The van der Waals surface area contributed by atoms with E-state index in [2.05, 4.69) is 26.3 Å². The maximum Gasteiger partial charge on any atom is 0.328 e. The number of rotatable bonds is 4. The van der Waals surface area contributed by atoms with E-state index >= 15 is 0 Å². The van der Waals surface area contributed by atoms with Gasteiger partial charge in [0.05, 0.1) is 23.4 Å². The molecule has 4 aliphatic rings. The molecule has 3 saturated heterocycles. The number of urea groups is 1. The summed E-state index contributed by atoms with van der Waals surface area (Å²) in [6.07, 6.45) is 10.0. The number of nitrogens with one attached hydrogen (secondary N) is 2. The lowest BCUT2D eigenvalue weighted by Gasteiger charge is -2.48. The van der Waals surface area contributed by atoms with Gasteiger partial charge >= 0.3 is 6.03 Å². The number of likely N-dealkylation sites (tertiary alicyclic amines) is 1. The second-order valence-corrected chi connectivity index (χ2v) is 10.6. The minimum atomic E-state index is -0.345. The molecule has 0 unspecified atom stereocenters. The lowest BCUT2D eigenvalue weighted by Crippen LogP contribution is -2.55. The van der Waals surface area contributed by atoms with Crippen LogP contribution in [0.25, 0.3) is 10.9 Å². The van der Waals surface area contributed by atoms with Crippen LogP contribution in [0.4, 0.5) is 10.5 Å². The number of carbonyl (C=O) groups excluding carboxylic acids is 2. The second-order valence-electron chi connectivity index (χ2n) is 10.6. The van der Waals surface area contributed by atoms with E-state index in [1.165, 1.54) is 45.3 Å². The summed E-state index contributed by atoms with van der Waals surface area (Å²) in [6, 6.07) is 6.07. The largest absolute Gasteiger partial charge is 0.328 e. The molecule has 8 heteroatoms. The Morgan fingerprint density at radius 3 is 2.52 bits per heavy atom. The second kappa shape index (κ2) is 8.40. The van der Waals surface area contributed by atoms with Crippen molar-refractivity contribution in [2.75, 3.05) is 44.2 Å². The number of benzene rings is 1. The van der Waals surface area contributed by atoms with Crippen LogP contribution in [0.5, 0.6) is 0 Å². The molecule has 6 rings (SSSR count). The Bertz CT molecular complexity index is 1040. The third-order valence-corrected chi connectivity index (χ3v) is 8.55. The zero-order valence-electron chi connectivity index (χ0n) is 19.3. The van der Waals surface area contributed by atoms with E-state index in [1.807, 2.05) is 18.3 Å². The first kappa shape index (κ1) is 21.1. The monoisotopic (exact) mass is 450 g/mol. The van der Waals surface area contributed by atoms with Crippen LogP contribution in [0.2, 0.25) is 0 Å². The van der Waals surface area contributed by atoms with Crippen molar-refractivity contribution in [1.29, 1.82) is 0 Å². The SMILES string of the molecule is O=C1CCN(c2cccc3c2cnn3C2CCN(CC3CCC4(CC3)CNC4)CC2)C(=O)N1. The van der Waals surface area contributed by atoms with Gasteiger partial charge in [-0.05, 0) is 62.0 Å². The molecule has 2 N–H and O–H groups in total. The highest BCUT2D eigenvalue weighted by molar-refractivity contribution is 6.09. The molecule has 1 aliphatic carbocycles. The molecule has 2 aromatic rings. The predicted molar refractivity (Wildman–Crippen MR) is 127 cm³/mol. The van der Waals surface area contributed by atoms with Gasteiger partial charge in [0.25, 0.3) is 0 Å². The zero-order valence-corrected chi connectivity index (χ0v) is 19.3. The fourth-order valence-electron chi connectivity index (χ4n) is 6.39. The molecule has 3 amide bonds. The summed E-state index contributed by atoms with van der Waals surface area (Å²) in [5, 5.41) is 11.6. The predicted octanol–water partition coefficient (Wildman–Crippen LogP) is 2.90. The van der Waals surface area contributed by atoms with Crippen molar-refractivity contribution in [1.82, 2.24) is 25.3 Å². The molecule has 0 atom stereocenters. The molecular formula is C25H34N6O2. The summed E-state index contributed by atoms with van der Waals surface area (Å²) >= 11 is 0. The van der Waals surface area contributed by atoms with E-state index in [0.717, 1.165) is 48.4 Å². The molecule has 4 fully saturated rings. The van der Waals surface area contributed by atoms with Crippen LogP contribution in [0.15, 0.2) is 24.4 Å². The molecule has 1 aromatic heterocycles. The third-order valence-electron chi connectivity index (χ3n) is 8.55. The molecule has 1 spiro atoms. The molecule has 8 nitrogen and oxygen atoms in total. The summed E-state index contributed by atoms with van der Waals surface area (Å²) in [4.78, 5) is 28.2. The Labute approximate surface area is 194 Å². The van der Waals surface area contributed by atoms with Crippen LogP contribution in [0.3, 0.4) is 0 Å². The summed E-state index contributed by atoms with van der Waals surface area (Å²) < 4.78 is 2.16. The van der Waals surface area contributed by atoms with Crippen molar-refractivity contribution in [2.45, 2.75) is 51.0 Å². The van der Waals surface area contributed by atoms with Crippen LogP contribution in [0, 0.1) is 11.3 Å². The lowest BCUT2D eigenvalue weighted by atomic mass is 9.67. The minimum Gasteiger partial charge on any atom is -0.316 e. The van der Waals surface area contributed by atoms with Gasteiger partial charge in [0.2, 0.25) is 5.91 Å². The Morgan fingerprint density at radius 2 is 1.82 bits per heavy atom. The number of hydrogen-bond acceptors (Lipinski definition) is 5. The molecule has 0 radical (unpaired) electrons. The van der Waals surface area contributed by atoms with Crippen molar-refractivity contribution < 1.29 is 9.59 Å². The van der Waals surface area contributed by atoms with Crippen molar-refractivity contribution >= 4 is 28.5 Å². The molecule has 1 saturated carbocycles. The molecule has 4 heterocycles. The standard InChI is InChI=1S/C25H34N6O2/c32-23-8-13-30(24(33)28-23)21-2-1-3-22-20(21)14-27-31(22)19-6-11-29(12-7-19)15-18-4-9-25(10-5-18)16-26-17-25/h1-3,14,18-19,26H,4-13,15-17H2,(H,28,32,33). The number of aromatic nitrogens is 2. The van der Waals surface area contributed by atoms with Crippen molar-refractivity contribution in [3.63, 3.8) is 0 Å². The lowest BCUT2D eigenvalue weighted by molar-refractivity contribution is -0.120. The number of piperidine rings is 1. The van der Waals surface area contributed by atoms with Crippen LogP contribution >= 0.6 is 0 Å². The van der Waals surface area contributed by atoms with E-state index in [1.54, 1.807) is 4.90 Å². The topological polar surface area (TPSA) is 82.5 Å². The van der Waals surface area contributed by atoms with Crippen molar-refractivity contribution in [3.8, 4) is 0 Å². The van der Waals surface area contributed by atoms with Gasteiger partial charge in [-0.1, -0.05) is 6.07 Å². The summed E-state index contributed by atoms with van der Waals surface area (Å²) in [5.74, 6) is 0.655. The highest BCUT2D eigenvalue weighted by Crippen LogP contribution is 2.42. The molecule has 0 bridgehead atoms. The number of hydrogen-bond donors (Lipinski definition) is 2. The maximum atomic E-state index is 12.4. The third kappa shape index (κ3) is 3.93. The minimum absolute atomic E-state index is 0.210. The number of nitrogens with zero attached hydrogens (tertiary/aromatic N) is 4. The van der Waals surface area contributed by atoms with Crippen LogP contribution in [0.1, 0.15) is 51.0 Å². The van der Waals surface area contributed by atoms with Gasteiger partial charge in [0.15, 0.2) is 0 Å². The summed E-state index contributed by atoms with van der Waals surface area (Å²) in [7, 11) is 0. The zero-order chi connectivity index (χ0) is 22.4. The van der Waals surface area contributed by atoms with Gasteiger partial charge in [-0.2, -0.15) is 5.10 Å². The molecule has 1 aromatic carbocycles. The summed E-state index contributed by atoms with van der Waals surface area (Å²) in [5.41, 5.74) is 2.55. The molecule has 33 heavy (non-hydrogen) atoms. The molecule has 176 valence electrons. The van der Waals surface area contributed by atoms with Crippen molar-refractivity contribution in [2.24, 2.45) is 11.3 Å². The normalized spacial score (nSPS) is 24.9. The average molecular weight is 451 g/mol. The number of imide groups is 1. The number of carbonyl (C=O) groups is 2. The maximum absolute atomic E-state index is 12.4. The Morgan fingerprint density at radius 1 is 1.03 bits per heavy atom. The number of amides is 3. The molecular weight excluding hydrogens is 416 g/mol. The average Bonchev–Trinajstić information content (AvgIpc) is 3.24. The van der Waals surface area contributed by atoms with Gasteiger partial charge in [-0.25, -0.2) is 4.79 Å². The van der Waals surface area contributed by atoms with E-state index < -0.39 is 0 Å². The number of anilines is 1. The highest BCUT2D eigenvalue weighted by Gasteiger charge is 2.40. The van der Waals surface area contributed by atoms with E-state index in [9.17, 15) is 9.59 Å². The van der Waals surface area contributed by atoms with E-state index in [0.29, 0.717) is 24.4 Å². The van der Waals surface area contributed by atoms with Crippen LogP contribution < -0.4 is 15.5 Å². The Balaban J connectivity index is 1.10. The smallest absolute Gasteiger partial charge is 0.316 e. The van der Waals surface area contributed by atoms with Crippen molar-refractivity contribution in [3.05, 3.63) is 24.4 Å². The van der Waals surface area contributed by atoms with Gasteiger partial charge in [-0.15, -0.1) is 0 Å². The Hall–Kier alpha value is -2.45. The molecule has 3 aliphatic heterocycles. The first-order chi connectivity index (χ1) is 16.1. The van der Waals surface area contributed by atoms with Gasteiger partial charge in [0, 0.05) is 51.1 Å². The first-order valence-electron chi connectivity index (χ1n) is 12.6. The van der Waals surface area contributed by atoms with E-state index in [4.69, 9.17) is 5.10 Å². The van der Waals surface area contributed by atoms with Crippen LogP contribution in [-0.4, -0.2) is 65.9 Å². The van der Waals surface area contributed by atoms with E-state index in [-0.39, 0.29) is 11.9 Å². The van der Waals surface area contributed by atoms with Crippen LogP contribution in [-0.2, 0) is 4.79 Å². The fraction of sp³-hybridized carbons (Fsp3) is 0.640.